The molecule has 25 heavy (non-hydrogen) atoms. The van der Waals surface area contributed by atoms with E-state index in [2.05, 4.69) is 28.1 Å². The summed E-state index contributed by atoms with van der Waals surface area (Å²) in [5.41, 5.74) is 2.63. The maximum absolute atomic E-state index is 9.50. The van der Waals surface area contributed by atoms with Crippen LogP contribution in [-0.4, -0.2) is 13.2 Å². The van der Waals surface area contributed by atoms with Crippen LogP contribution >= 0.6 is 15.9 Å². The quantitative estimate of drug-likeness (QED) is 0.498. The third kappa shape index (κ3) is 4.62. The van der Waals surface area contributed by atoms with Gasteiger partial charge < -0.3 is 9.47 Å². The lowest BCUT2D eigenvalue weighted by atomic mass is 10.0. The Morgan fingerprint density at radius 2 is 1.76 bits per heavy atom. The first-order chi connectivity index (χ1) is 12.1. The first-order valence-corrected chi connectivity index (χ1v) is 8.63. The van der Waals surface area contributed by atoms with Gasteiger partial charge in [0.05, 0.1) is 41.0 Å². The van der Waals surface area contributed by atoms with Crippen LogP contribution in [0.5, 0.6) is 11.5 Å². The van der Waals surface area contributed by atoms with Crippen LogP contribution in [0.25, 0.3) is 11.6 Å². The zero-order chi connectivity index (χ0) is 18.2. The van der Waals surface area contributed by atoms with Gasteiger partial charge in [-0.25, -0.2) is 0 Å². The van der Waals surface area contributed by atoms with E-state index < -0.39 is 0 Å². The molecule has 0 aliphatic heterocycles. The minimum Gasteiger partial charge on any atom is -0.490 e. The first kappa shape index (κ1) is 18.6. The summed E-state index contributed by atoms with van der Waals surface area (Å²) in [7, 11) is 0. The highest BCUT2D eigenvalue weighted by molar-refractivity contribution is 9.10. The van der Waals surface area contributed by atoms with Gasteiger partial charge in [0, 0.05) is 0 Å². The van der Waals surface area contributed by atoms with Crippen molar-refractivity contribution in [2.75, 3.05) is 13.2 Å². The fourth-order valence-electron chi connectivity index (χ4n) is 2.29. The Balaban J connectivity index is 2.46. The molecular weight excluding hydrogens is 380 g/mol. The second-order valence-corrected chi connectivity index (χ2v) is 5.91. The molecule has 5 heteroatoms. The molecule has 0 aliphatic rings. The van der Waals surface area contributed by atoms with Crippen molar-refractivity contribution in [3.05, 3.63) is 57.6 Å². The van der Waals surface area contributed by atoms with Gasteiger partial charge in [0.2, 0.25) is 0 Å². The molecule has 0 saturated carbocycles. The molecule has 0 bridgehead atoms. The lowest BCUT2D eigenvalue weighted by Crippen LogP contribution is -1.99. The normalized spacial score (nSPS) is 10.7. The van der Waals surface area contributed by atoms with Gasteiger partial charge in [-0.2, -0.15) is 10.5 Å². The van der Waals surface area contributed by atoms with E-state index in [1.165, 1.54) is 0 Å². The van der Waals surface area contributed by atoms with Crippen molar-refractivity contribution in [3.63, 3.8) is 0 Å². The SMILES string of the molecule is CCOc1cc(/C=C(/C#N)c2ccc(C#N)cc2)cc(Br)c1OCC. The smallest absolute Gasteiger partial charge is 0.175 e. The molecule has 0 atom stereocenters. The van der Waals surface area contributed by atoms with Gasteiger partial charge in [0.25, 0.3) is 0 Å². The monoisotopic (exact) mass is 396 g/mol. The fraction of sp³-hybridized carbons (Fsp3) is 0.200. The summed E-state index contributed by atoms with van der Waals surface area (Å²) in [5, 5.41) is 18.4. The molecule has 0 heterocycles. The second kappa shape index (κ2) is 8.92. The molecule has 2 aromatic rings. The van der Waals surface area contributed by atoms with Crippen LogP contribution in [0.4, 0.5) is 0 Å². The highest BCUT2D eigenvalue weighted by atomic mass is 79.9. The zero-order valence-electron chi connectivity index (χ0n) is 14.0. The standard InChI is InChI=1S/C20H17BrN2O2/c1-3-24-19-11-15(10-18(21)20(19)25-4-2)9-17(13-23)16-7-5-14(12-22)6-8-16/h5-11H,3-4H2,1-2H3/b17-9-. The van der Waals surface area contributed by atoms with Crippen LogP contribution in [0.2, 0.25) is 0 Å². The third-order valence-electron chi connectivity index (χ3n) is 3.38. The number of benzene rings is 2. The predicted octanol–water partition coefficient (Wildman–Crippen LogP) is 5.18. The molecule has 0 amide bonds. The number of nitrogens with zero attached hydrogens (tertiary/aromatic N) is 2. The van der Waals surface area contributed by atoms with Crippen LogP contribution in [-0.2, 0) is 0 Å². The number of nitriles is 2. The summed E-state index contributed by atoms with van der Waals surface area (Å²) in [4.78, 5) is 0. The van der Waals surface area contributed by atoms with E-state index in [9.17, 15) is 5.26 Å². The average molecular weight is 397 g/mol. The maximum Gasteiger partial charge on any atom is 0.175 e. The van der Waals surface area contributed by atoms with E-state index in [1.54, 1.807) is 30.3 Å². The number of rotatable bonds is 6. The molecule has 0 radical (unpaired) electrons. The van der Waals surface area contributed by atoms with Crippen molar-refractivity contribution >= 4 is 27.6 Å². The van der Waals surface area contributed by atoms with Gasteiger partial charge in [-0.05, 0) is 71.2 Å². The molecule has 2 rings (SSSR count). The summed E-state index contributed by atoms with van der Waals surface area (Å²) < 4.78 is 12.1. The summed E-state index contributed by atoms with van der Waals surface area (Å²) in [5.74, 6) is 1.28. The Morgan fingerprint density at radius 3 is 2.32 bits per heavy atom. The van der Waals surface area contributed by atoms with Crippen LogP contribution in [0.3, 0.4) is 0 Å². The van der Waals surface area contributed by atoms with Crippen molar-refractivity contribution in [2.24, 2.45) is 0 Å². The Hall–Kier alpha value is -2.76. The topological polar surface area (TPSA) is 66.0 Å². The number of allylic oxidation sites excluding steroid dienone is 1. The van der Waals surface area contributed by atoms with Crippen molar-refractivity contribution in [2.45, 2.75) is 13.8 Å². The number of hydrogen-bond donors (Lipinski definition) is 0. The summed E-state index contributed by atoms with van der Waals surface area (Å²) in [6, 6.07) is 14.9. The van der Waals surface area contributed by atoms with E-state index in [0.717, 1.165) is 15.6 Å². The Kier molecular flexibility index (Phi) is 6.62. The second-order valence-electron chi connectivity index (χ2n) is 5.05. The number of ether oxygens (including phenoxy) is 2. The van der Waals surface area contributed by atoms with Gasteiger partial charge in [-0.15, -0.1) is 0 Å². The Morgan fingerprint density at radius 1 is 1.08 bits per heavy atom. The molecule has 0 saturated heterocycles. The average Bonchev–Trinajstić information content (AvgIpc) is 2.63. The van der Waals surface area contributed by atoms with Gasteiger partial charge in [-0.3, -0.25) is 0 Å². The van der Waals surface area contributed by atoms with Gasteiger partial charge in [0.15, 0.2) is 11.5 Å². The molecule has 4 nitrogen and oxygen atoms in total. The van der Waals surface area contributed by atoms with Gasteiger partial charge in [-0.1, -0.05) is 12.1 Å². The predicted molar refractivity (Wildman–Crippen MR) is 101 cm³/mol. The number of halogens is 1. The van der Waals surface area contributed by atoms with Crippen molar-refractivity contribution in [3.8, 4) is 23.6 Å². The highest BCUT2D eigenvalue weighted by Crippen LogP contribution is 2.37. The summed E-state index contributed by atoms with van der Waals surface area (Å²) >= 11 is 3.50. The van der Waals surface area contributed by atoms with Crippen molar-refractivity contribution in [1.29, 1.82) is 10.5 Å². The zero-order valence-corrected chi connectivity index (χ0v) is 15.6. The molecular formula is C20H17BrN2O2. The van der Waals surface area contributed by atoms with Crippen LogP contribution in [0.1, 0.15) is 30.5 Å². The minimum absolute atomic E-state index is 0.503. The molecule has 0 spiro atoms. The molecule has 0 N–H and O–H groups in total. The molecule has 2 aromatic carbocycles. The molecule has 0 aromatic heterocycles. The largest absolute Gasteiger partial charge is 0.490 e. The maximum atomic E-state index is 9.50. The van der Waals surface area contributed by atoms with Gasteiger partial charge in [0.1, 0.15) is 0 Å². The van der Waals surface area contributed by atoms with E-state index in [0.29, 0.717) is 35.8 Å². The van der Waals surface area contributed by atoms with E-state index >= 15 is 0 Å². The summed E-state index contributed by atoms with van der Waals surface area (Å²) in [6.07, 6.45) is 1.78. The number of hydrogen-bond acceptors (Lipinski definition) is 4. The Labute approximate surface area is 156 Å². The van der Waals surface area contributed by atoms with Crippen LogP contribution in [0.15, 0.2) is 40.9 Å². The lowest BCUT2D eigenvalue weighted by molar-refractivity contribution is 0.286. The molecule has 0 aliphatic carbocycles. The highest BCUT2D eigenvalue weighted by Gasteiger charge is 2.12. The van der Waals surface area contributed by atoms with Crippen molar-refractivity contribution in [1.82, 2.24) is 0 Å². The first-order valence-electron chi connectivity index (χ1n) is 7.84. The summed E-state index contributed by atoms with van der Waals surface area (Å²) in [6.45, 7) is 4.86. The minimum atomic E-state index is 0.503. The Bertz CT molecular complexity index is 859. The van der Waals surface area contributed by atoms with E-state index in [1.807, 2.05) is 26.0 Å². The lowest BCUT2D eigenvalue weighted by Gasteiger charge is -2.13. The fourth-order valence-corrected chi connectivity index (χ4v) is 2.86. The van der Waals surface area contributed by atoms with E-state index in [-0.39, 0.29) is 0 Å². The van der Waals surface area contributed by atoms with Gasteiger partial charge >= 0.3 is 0 Å². The van der Waals surface area contributed by atoms with E-state index in [4.69, 9.17) is 14.7 Å². The van der Waals surface area contributed by atoms with Crippen LogP contribution < -0.4 is 9.47 Å². The molecule has 126 valence electrons. The molecule has 0 unspecified atom stereocenters. The van der Waals surface area contributed by atoms with Crippen molar-refractivity contribution < 1.29 is 9.47 Å². The molecule has 0 fully saturated rings. The van der Waals surface area contributed by atoms with Crippen LogP contribution in [0, 0.1) is 22.7 Å². The third-order valence-corrected chi connectivity index (χ3v) is 3.97.